The second-order valence-electron chi connectivity index (χ2n) is 6.67. The number of aryl methyl sites for hydroxylation is 2. The van der Waals surface area contributed by atoms with E-state index in [1.165, 1.54) is 12.1 Å². The van der Waals surface area contributed by atoms with Gasteiger partial charge in [-0.25, -0.2) is 8.42 Å². The standard InChI is InChI=1S/C22H21BrN2O3S/c1-16-8-13-21(17(2)14-16)24-22(26)15-25(19-11-9-18(23)10-12-19)29(27,28)20-6-4-3-5-7-20/h3-14H,15H2,1-2H3,(H,24,26). The Hall–Kier alpha value is -2.64. The molecule has 150 valence electrons. The van der Waals surface area contributed by atoms with Gasteiger partial charge in [0.05, 0.1) is 10.6 Å². The summed E-state index contributed by atoms with van der Waals surface area (Å²) in [5, 5.41) is 2.82. The van der Waals surface area contributed by atoms with Gasteiger partial charge in [0.1, 0.15) is 6.54 Å². The van der Waals surface area contributed by atoms with Crippen LogP contribution >= 0.6 is 15.9 Å². The molecular formula is C22H21BrN2O3S. The Labute approximate surface area is 179 Å². The molecular weight excluding hydrogens is 452 g/mol. The summed E-state index contributed by atoms with van der Waals surface area (Å²) in [6, 6.07) is 20.6. The molecule has 7 heteroatoms. The van der Waals surface area contributed by atoms with Crippen LogP contribution in [0.5, 0.6) is 0 Å². The molecule has 3 aromatic rings. The fourth-order valence-corrected chi connectivity index (χ4v) is 4.62. The smallest absolute Gasteiger partial charge is 0.264 e. The van der Waals surface area contributed by atoms with Crippen molar-refractivity contribution in [2.24, 2.45) is 0 Å². The molecule has 0 saturated carbocycles. The van der Waals surface area contributed by atoms with Gasteiger partial charge < -0.3 is 5.32 Å². The molecule has 5 nitrogen and oxygen atoms in total. The van der Waals surface area contributed by atoms with Crippen LogP contribution in [0.2, 0.25) is 0 Å². The van der Waals surface area contributed by atoms with Gasteiger partial charge >= 0.3 is 0 Å². The van der Waals surface area contributed by atoms with E-state index in [-0.39, 0.29) is 11.4 Å². The van der Waals surface area contributed by atoms with E-state index in [4.69, 9.17) is 0 Å². The zero-order valence-electron chi connectivity index (χ0n) is 16.1. The Kier molecular flexibility index (Phi) is 6.39. The molecule has 3 aromatic carbocycles. The largest absolute Gasteiger partial charge is 0.324 e. The molecule has 0 spiro atoms. The number of sulfonamides is 1. The first-order valence-corrected chi connectivity index (χ1v) is 11.2. The van der Waals surface area contributed by atoms with Crippen molar-refractivity contribution in [1.82, 2.24) is 0 Å². The molecule has 1 N–H and O–H groups in total. The maximum absolute atomic E-state index is 13.3. The van der Waals surface area contributed by atoms with Crippen LogP contribution in [0.4, 0.5) is 11.4 Å². The van der Waals surface area contributed by atoms with Gasteiger partial charge in [0.15, 0.2) is 0 Å². The summed E-state index contributed by atoms with van der Waals surface area (Å²) in [7, 11) is -3.91. The van der Waals surface area contributed by atoms with Gasteiger partial charge in [-0.3, -0.25) is 9.10 Å². The zero-order valence-corrected chi connectivity index (χ0v) is 18.5. The lowest BCUT2D eigenvalue weighted by atomic mass is 10.1. The maximum atomic E-state index is 13.3. The highest BCUT2D eigenvalue weighted by Crippen LogP contribution is 2.25. The number of nitrogens with one attached hydrogen (secondary N) is 1. The fourth-order valence-electron chi connectivity index (χ4n) is 2.92. The normalized spacial score (nSPS) is 11.1. The van der Waals surface area contributed by atoms with Crippen molar-refractivity contribution in [2.75, 3.05) is 16.2 Å². The van der Waals surface area contributed by atoms with Gasteiger partial charge in [0.25, 0.3) is 10.0 Å². The third-order valence-electron chi connectivity index (χ3n) is 4.39. The first kappa shape index (κ1) is 21.1. The highest BCUT2D eigenvalue weighted by atomic mass is 79.9. The molecule has 29 heavy (non-hydrogen) atoms. The van der Waals surface area contributed by atoms with Crippen molar-refractivity contribution in [2.45, 2.75) is 18.7 Å². The average molecular weight is 473 g/mol. The van der Waals surface area contributed by atoms with Gasteiger partial charge in [-0.2, -0.15) is 0 Å². The number of carbonyl (C=O) groups is 1. The number of hydrogen-bond acceptors (Lipinski definition) is 3. The van der Waals surface area contributed by atoms with Crippen molar-refractivity contribution in [3.63, 3.8) is 0 Å². The lowest BCUT2D eigenvalue weighted by molar-refractivity contribution is -0.114. The number of anilines is 2. The van der Waals surface area contributed by atoms with E-state index in [0.717, 1.165) is 19.9 Å². The van der Waals surface area contributed by atoms with E-state index in [0.29, 0.717) is 11.4 Å². The lowest BCUT2D eigenvalue weighted by Gasteiger charge is -2.24. The van der Waals surface area contributed by atoms with Crippen LogP contribution in [-0.4, -0.2) is 20.9 Å². The molecule has 0 unspecified atom stereocenters. The third kappa shape index (κ3) is 5.05. The number of carbonyl (C=O) groups excluding carboxylic acids is 1. The summed E-state index contributed by atoms with van der Waals surface area (Å²) < 4.78 is 28.4. The quantitative estimate of drug-likeness (QED) is 0.554. The molecule has 0 bridgehead atoms. The summed E-state index contributed by atoms with van der Waals surface area (Å²) in [5.74, 6) is -0.417. The molecule has 0 radical (unpaired) electrons. The summed E-state index contributed by atoms with van der Waals surface area (Å²) >= 11 is 3.35. The Morgan fingerprint density at radius 1 is 0.966 bits per heavy atom. The molecule has 0 aliphatic rings. The number of benzene rings is 3. The number of halogens is 1. The Morgan fingerprint density at radius 3 is 2.24 bits per heavy atom. The Balaban J connectivity index is 1.93. The van der Waals surface area contributed by atoms with Crippen molar-refractivity contribution in [3.8, 4) is 0 Å². The van der Waals surface area contributed by atoms with E-state index < -0.39 is 15.9 Å². The average Bonchev–Trinajstić information content (AvgIpc) is 2.70. The van der Waals surface area contributed by atoms with Gasteiger partial charge in [-0.05, 0) is 61.9 Å². The second kappa shape index (κ2) is 8.80. The van der Waals surface area contributed by atoms with Gasteiger partial charge in [0, 0.05) is 10.2 Å². The third-order valence-corrected chi connectivity index (χ3v) is 6.71. The van der Waals surface area contributed by atoms with E-state index in [1.807, 2.05) is 32.0 Å². The Bertz CT molecular complexity index is 1110. The van der Waals surface area contributed by atoms with Gasteiger partial charge in [-0.15, -0.1) is 0 Å². The molecule has 0 aromatic heterocycles. The van der Waals surface area contributed by atoms with Crippen molar-refractivity contribution >= 4 is 43.2 Å². The SMILES string of the molecule is Cc1ccc(NC(=O)CN(c2ccc(Br)cc2)S(=O)(=O)c2ccccc2)c(C)c1. The molecule has 0 atom stereocenters. The van der Waals surface area contributed by atoms with Crippen molar-refractivity contribution < 1.29 is 13.2 Å². The molecule has 0 saturated heterocycles. The van der Waals surface area contributed by atoms with Crippen LogP contribution in [0, 0.1) is 13.8 Å². The minimum Gasteiger partial charge on any atom is -0.324 e. The van der Waals surface area contributed by atoms with Crippen molar-refractivity contribution in [1.29, 1.82) is 0 Å². The number of rotatable bonds is 6. The Morgan fingerprint density at radius 2 is 1.62 bits per heavy atom. The first-order chi connectivity index (χ1) is 13.8. The van der Waals surface area contributed by atoms with E-state index >= 15 is 0 Å². The summed E-state index contributed by atoms with van der Waals surface area (Å²) in [5.41, 5.74) is 3.07. The van der Waals surface area contributed by atoms with E-state index in [2.05, 4.69) is 21.2 Å². The zero-order chi connectivity index (χ0) is 21.0. The number of nitrogens with zero attached hydrogens (tertiary/aromatic N) is 1. The van der Waals surface area contributed by atoms with Crippen LogP contribution in [0.1, 0.15) is 11.1 Å². The monoisotopic (exact) mass is 472 g/mol. The van der Waals surface area contributed by atoms with Crippen LogP contribution in [0.25, 0.3) is 0 Å². The van der Waals surface area contributed by atoms with Gasteiger partial charge in [0.2, 0.25) is 5.91 Å². The summed E-state index contributed by atoms with van der Waals surface area (Å²) in [6.45, 7) is 3.53. The molecule has 0 aliphatic heterocycles. The lowest BCUT2D eigenvalue weighted by Crippen LogP contribution is -2.38. The summed E-state index contributed by atoms with van der Waals surface area (Å²) in [4.78, 5) is 12.9. The van der Waals surface area contributed by atoms with Crippen molar-refractivity contribution in [3.05, 3.63) is 88.4 Å². The molecule has 3 rings (SSSR count). The van der Waals surface area contributed by atoms with Gasteiger partial charge in [-0.1, -0.05) is 51.8 Å². The topological polar surface area (TPSA) is 66.5 Å². The fraction of sp³-hybridized carbons (Fsp3) is 0.136. The highest BCUT2D eigenvalue weighted by molar-refractivity contribution is 9.10. The second-order valence-corrected chi connectivity index (χ2v) is 9.45. The predicted octanol–water partition coefficient (Wildman–Crippen LogP) is 4.90. The van der Waals surface area contributed by atoms with Crippen LogP contribution < -0.4 is 9.62 Å². The molecule has 0 fully saturated rings. The van der Waals surface area contributed by atoms with E-state index in [9.17, 15) is 13.2 Å². The van der Waals surface area contributed by atoms with Crippen LogP contribution in [0.3, 0.4) is 0 Å². The minimum atomic E-state index is -3.91. The highest BCUT2D eigenvalue weighted by Gasteiger charge is 2.27. The maximum Gasteiger partial charge on any atom is 0.264 e. The van der Waals surface area contributed by atoms with E-state index in [1.54, 1.807) is 42.5 Å². The molecule has 0 heterocycles. The molecule has 0 aliphatic carbocycles. The minimum absolute atomic E-state index is 0.127. The predicted molar refractivity (Wildman–Crippen MR) is 120 cm³/mol. The van der Waals surface area contributed by atoms with Crippen LogP contribution in [-0.2, 0) is 14.8 Å². The first-order valence-electron chi connectivity index (χ1n) is 8.98. The molecule has 1 amide bonds. The summed E-state index contributed by atoms with van der Waals surface area (Å²) in [6.07, 6.45) is 0. The number of amides is 1. The van der Waals surface area contributed by atoms with Crippen LogP contribution in [0.15, 0.2) is 82.2 Å². The number of hydrogen-bond donors (Lipinski definition) is 1.